The Morgan fingerprint density at radius 1 is 1.04 bits per heavy atom. The molecule has 1 aromatic rings. The molecule has 0 aliphatic carbocycles. The van der Waals surface area contributed by atoms with Gasteiger partial charge in [0.15, 0.2) is 5.78 Å². The largest absolute Gasteiger partial charge is 0.421 e. The minimum absolute atomic E-state index is 0.0686. The average Bonchev–Trinajstić information content (AvgIpc) is 2.45. The maximum absolute atomic E-state index is 12.7. The van der Waals surface area contributed by atoms with Gasteiger partial charge in [0.2, 0.25) is 0 Å². The van der Waals surface area contributed by atoms with Crippen molar-refractivity contribution in [2.45, 2.75) is 46.4 Å². The molecule has 0 saturated heterocycles. The summed E-state index contributed by atoms with van der Waals surface area (Å²) in [6.07, 6.45) is 0. The van der Waals surface area contributed by atoms with E-state index in [1.165, 1.54) is 0 Å². The van der Waals surface area contributed by atoms with E-state index < -0.39 is 25.8 Å². The quantitative estimate of drug-likeness (QED) is 0.541. The summed E-state index contributed by atoms with van der Waals surface area (Å²) in [6.45, 7) is 11.3. The summed E-state index contributed by atoms with van der Waals surface area (Å²) in [5.41, 5.74) is 0.516. The van der Waals surface area contributed by atoms with Gasteiger partial charge < -0.3 is 0 Å². The van der Waals surface area contributed by atoms with Crippen LogP contribution in [0.3, 0.4) is 0 Å². The van der Waals surface area contributed by atoms with Crippen molar-refractivity contribution in [1.29, 1.82) is 0 Å². The van der Waals surface area contributed by atoms with Gasteiger partial charge in [0.25, 0.3) is 0 Å². The highest BCUT2D eigenvalue weighted by molar-refractivity contribution is 8.32. The molecule has 0 saturated carbocycles. The van der Waals surface area contributed by atoms with Crippen molar-refractivity contribution in [3.8, 4) is 0 Å². The molecule has 0 aliphatic rings. The van der Waals surface area contributed by atoms with E-state index in [9.17, 15) is 13.2 Å². The van der Waals surface area contributed by atoms with Gasteiger partial charge in [-0.1, -0.05) is 52.3 Å². The molecule has 0 spiro atoms. The van der Waals surface area contributed by atoms with Crippen LogP contribution >= 0.6 is 10.3 Å². The van der Waals surface area contributed by atoms with Crippen molar-refractivity contribution in [2.24, 2.45) is 5.41 Å². The molecule has 0 unspecified atom stereocenters. The van der Waals surface area contributed by atoms with Crippen LogP contribution < -0.4 is 0 Å². The molecule has 6 heteroatoms. The zero-order valence-corrected chi connectivity index (χ0v) is 16.6. The van der Waals surface area contributed by atoms with E-state index in [0.29, 0.717) is 11.5 Å². The topological polar surface area (TPSA) is 64.0 Å². The number of benzene rings is 1. The standard InChI is InChI=1S/C17H28O4S2/c1-7-22(8-2,13-16(18)17(4,5)6)21-23(19,20)15-11-9-14(3)10-12-15/h9-12H,7-8,13H2,1-6H3/p+1. The zero-order chi connectivity index (χ0) is 17.9. The molecule has 0 bridgehead atoms. The molecule has 0 amide bonds. The minimum atomic E-state index is -3.74. The van der Waals surface area contributed by atoms with Gasteiger partial charge in [0.05, 0.1) is 5.75 Å². The first kappa shape index (κ1) is 20.2. The minimum Gasteiger partial charge on any atom is -0.298 e. The number of hydrogen-bond acceptors (Lipinski definition) is 3. The van der Waals surface area contributed by atoms with E-state index in [1.54, 1.807) is 24.3 Å². The molecule has 0 heterocycles. The molecule has 1 aromatic carbocycles. The highest BCUT2D eigenvalue weighted by atomic mass is 32.3. The molecule has 0 atom stereocenters. The molecule has 1 N–H and O–H groups in total. The van der Waals surface area contributed by atoms with E-state index in [4.69, 9.17) is 0 Å². The number of hydrogen-bond donors (Lipinski definition) is 0. The van der Waals surface area contributed by atoms with Gasteiger partial charge in [-0.2, -0.15) is 0 Å². The Hall–Kier alpha value is -0.850. The summed E-state index contributed by atoms with van der Waals surface area (Å²) in [7, 11) is -5.62. The lowest BCUT2D eigenvalue weighted by atomic mass is 9.92. The molecule has 4 nitrogen and oxygen atoms in total. The summed E-state index contributed by atoms with van der Waals surface area (Å²) in [5, 5.41) is 0. The van der Waals surface area contributed by atoms with Crippen LogP contribution in [0.25, 0.3) is 0 Å². The Morgan fingerprint density at radius 3 is 1.91 bits per heavy atom. The fourth-order valence-corrected chi connectivity index (χ4v) is 7.24. The van der Waals surface area contributed by atoms with Gasteiger partial charge in [0, 0.05) is 16.9 Å². The van der Waals surface area contributed by atoms with Crippen LogP contribution in [0, 0.1) is 12.3 Å². The number of rotatable bonds is 7. The predicted octanol–water partition coefficient (Wildman–Crippen LogP) is 4.15. The maximum atomic E-state index is 12.7. The van der Waals surface area contributed by atoms with Crippen molar-refractivity contribution >= 4 is 26.2 Å². The van der Waals surface area contributed by atoms with Crippen LogP contribution in [-0.4, -0.2) is 35.1 Å². The van der Waals surface area contributed by atoms with E-state index >= 15 is 0 Å². The lowest BCUT2D eigenvalue weighted by Crippen LogP contribution is -2.32. The van der Waals surface area contributed by atoms with E-state index in [1.807, 2.05) is 41.5 Å². The second-order valence-corrected chi connectivity index (χ2v) is 12.2. The highest BCUT2D eigenvalue weighted by Gasteiger charge is 2.39. The van der Waals surface area contributed by atoms with Gasteiger partial charge >= 0.3 is 10.1 Å². The smallest absolute Gasteiger partial charge is 0.298 e. The van der Waals surface area contributed by atoms with Crippen molar-refractivity contribution in [3.63, 3.8) is 0 Å². The van der Waals surface area contributed by atoms with Crippen molar-refractivity contribution in [3.05, 3.63) is 29.8 Å². The fourth-order valence-electron chi connectivity index (χ4n) is 1.96. The molecule has 0 aromatic heterocycles. The first-order chi connectivity index (χ1) is 10.5. The van der Waals surface area contributed by atoms with Crippen molar-refractivity contribution in [1.82, 2.24) is 0 Å². The SMILES string of the molecule is CCS(CC)(CC(=O)C(C)(C)C)[OH+]S(=O)(=O)c1ccc(C)cc1. The highest BCUT2D eigenvalue weighted by Crippen LogP contribution is 2.49. The molecule has 132 valence electrons. The molecule has 23 heavy (non-hydrogen) atoms. The molecular formula is C17H29O4S2+. The summed E-state index contributed by atoms with van der Waals surface area (Å²) < 4.78 is 29.6. The Morgan fingerprint density at radius 2 is 1.52 bits per heavy atom. The number of ketones is 1. The van der Waals surface area contributed by atoms with Gasteiger partial charge in [-0.3, -0.25) is 8.42 Å². The van der Waals surface area contributed by atoms with Gasteiger partial charge in [0.1, 0.15) is 4.90 Å². The van der Waals surface area contributed by atoms with E-state index in [-0.39, 0.29) is 16.4 Å². The third kappa shape index (κ3) is 5.33. The molecule has 0 fully saturated rings. The van der Waals surface area contributed by atoms with Crippen LogP contribution in [0.15, 0.2) is 29.2 Å². The van der Waals surface area contributed by atoms with Crippen molar-refractivity contribution in [2.75, 3.05) is 17.3 Å². The van der Waals surface area contributed by atoms with Gasteiger partial charge in [-0.15, -0.1) is 8.42 Å². The number of aryl methyl sites for hydroxylation is 1. The summed E-state index contributed by atoms with van der Waals surface area (Å²) in [5.74, 6) is 1.49. The fraction of sp³-hybridized carbons (Fsp3) is 0.588. The summed E-state index contributed by atoms with van der Waals surface area (Å²) in [6, 6.07) is 6.68. The van der Waals surface area contributed by atoms with E-state index in [2.05, 4.69) is 3.63 Å². The predicted molar refractivity (Wildman–Crippen MR) is 99.0 cm³/mol. The zero-order valence-electron chi connectivity index (χ0n) is 14.9. The summed E-state index contributed by atoms with van der Waals surface area (Å²) >= 11 is 0. The number of carbonyl (C=O) groups excluding carboxylic acids is 1. The first-order valence-corrected chi connectivity index (χ1v) is 11.3. The lowest BCUT2D eigenvalue weighted by molar-refractivity contribution is -0.123. The van der Waals surface area contributed by atoms with Crippen molar-refractivity contribution < 1.29 is 16.8 Å². The molecule has 1 rings (SSSR count). The third-order valence-electron chi connectivity index (χ3n) is 3.89. The monoisotopic (exact) mass is 361 g/mol. The Labute approximate surface area is 142 Å². The third-order valence-corrected chi connectivity index (χ3v) is 9.75. The van der Waals surface area contributed by atoms with Crippen LogP contribution in [0.5, 0.6) is 0 Å². The lowest BCUT2D eigenvalue weighted by Gasteiger charge is -2.33. The van der Waals surface area contributed by atoms with Gasteiger partial charge in [-0.05, 0) is 29.4 Å². The molecule has 0 aliphatic heterocycles. The first-order valence-electron chi connectivity index (χ1n) is 7.81. The average molecular weight is 362 g/mol. The van der Waals surface area contributed by atoms with Crippen LogP contribution in [0.2, 0.25) is 0 Å². The molecule has 0 radical (unpaired) electrons. The van der Waals surface area contributed by atoms with Crippen LogP contribution in [0.4, 0.5) is 0 Å². The van der Waals surface area contributed by atoms with E-state index in [0.717, 1.165) is 5.56 Å². The Balaban J connectivity index is 3.11. The Bertz CT molecular complexity index is 636. The Kier molecular flexibility index (Phi) is 6.47. The van der Waals surface area contributed by atoms with Crippen LogP contribution in [-0.2, 0) is 14.9 Å². The van der Waals surface area contributed by atoms with Crippen LogP contribution in [0.1, 0.15) is 40.2 Å². The normalized spacial score (nSPS) is 13.8. The molecular weight excluding hydrogens is 332 g/mol. The summed E-state index contributed by atoms with van der Waals surface area (Å²) in [4.78, 5) is 12.6. The van der Waals surface area contributed by atoms with Gasteiger partial charge in [-0.25, -0.2) is 0 Å². The second kappa shape index (κ2) is 7.36. The second-order valence-electron chi connectivity index (χ2n) is 6.76. The number of Topliss-reactive ketones (excluding diaryl/α,β-unsaturated/α-hetero) is 1. The maximum Gasteiger partial charge on any atom is 0.421 e. The number of carbonyl (C=O) groups is 1.